The van der Waals surface area contributed by atoms with Gasteiger partial charge < -0.3 is 15.2 Å². The minimum atomic E-state index is 0.149. The summed E-state index contributed by atoms with van der Waals surface area (Å²) < 4.78 is 0. The highest BCUT2D eigenvalue weighted by molar-refractivity contribution is 6.29. The number of nitrogens with one attached hydrogen (secondary N) is 2. The number of anilines is 1. The molecule has 4 heterocycles. The summed E-state index contributed by atoms with van der Waals surface area (Å²) >= 11 is 6.27. The topological polar surface area (TPSA) is 73.9 Å². The van der Waals surface area contributed by atoms with Crippen LogP contribution in [0.2, 0.25) is 5.15 Å². The normalized spacial score (nSPS) is 17.3. The number of piperidine rings is 1. The molecule has 6 nitrogen and oxygen atoms in total. The van der Waals surface area contributed by atoms with Crippen LogP contribution >= 0.6 is 11.6 Å². The van der Waals surface area contributed by atoms with Crippen molar-refractivity contribution in [1.29, 1.82) is 0 Å². The van der Waals surface area contributed by atoms with Crippen LogP contribution in [0.3, 0.4) is 0 Å². The fraction of sp³-hybridized carbons (Fsp3) is 0.350. The van der Waals surface area contributed by atoms with Crippen molar-refractivity contribution in [2.45, 2.75) is 19.8 Å². The third-order valence-corrected chi connectivity index (χ3v) is 5.29. The average Bonchev–Trinajstić information content (AvgIpc) is 3.10. The third-order valence-electron chi connectivity index (χ3n) is 5.09. The van der Waals surface area contributed by atoms with Crippen molar-refractivity contribution < 1.29 is 4.79 Å². The Hall–Kier alpha value is -2.60. The molecule has 0 aromatic carbocycles. The van der Waals surface area contributed by atoms with E-state index < -0.39 is 0 Å². The lowest BCUT2D eigenvalue weighted by Crippen LogP contribution is -2.40. The Balaban J connectivity index is 1.52. The smallest absolute Gasteiger partial charge is 0.219 e. The van der Waals surface area contributed by atoms with Crippen molar-refractivity contribution in [2.75, 3.05) is 25.0 Å². The van der Waals surface area contributed by atoms with E-state index in [9.17, 15) is 4.79 Å². The molecule has 7 heteroatoms. The number of aromatic nitrogens is 3. The van der Waals surface area contributed by atoms with E-state index in [0.717, 1.165) is 60.5 Å². The van der Waals surface area contributed by atoms with E-state index in [0.29, 0.717) is 11.1 Å². The maximum atomic E-state index is 11.6. The van der Waals surface area contributed by atoms with E-state index in [2.05, 4.69) is 20.3 Å². The van der Waals surface area contributed by atoms with Gasteiger partial charge in [0.15, 0.2) is 0 Å². The van der Waals surface area contributed by atoms with Gasteiger partial charge in [-0.1, -0.05) is 11.6 Å². The van der Waals surface area contributed by atoms with Crippen LogP contribution in [0.5, 0.6) is 0 Å². The number of hydrogen-bond donors (Lipinski definition) is 2. The third kappa shape index (κ3) is 3.90. The summed E-state index contributed by atoms with van der Waals surface area (Å²) in [6, 6.07) is 7.83. The highest BCUT2D eigenvalue weighted by Crippen LogP contribution is 2.30. The minimum Gasteiger partial charge on any atom is -0.370 e. The van der Waals surface area contributed by atoms with Crippen LogP contribution in [0.1, 0.15) is 19.8 Å². The van der Waals surface area contributed by atoms with E-state index in [1.165, 1.54) is 0 Å². The van der Waals surface area contributed by atoms with E-state index in [1.54, 1.807) is 13.1 Å². The first-order chi connectivity index (χ1) is 13.1. The van der Waals surface area contributed by atoms with Crippen LogP contribution in [-0.2, 0) is 4.79 Å². The lowest BCUT2D eigenvalue weighted by atomic mass is 9.98. The van der Waals surface area contributed by atoms with Crippen molar-refractivity contribution in [2.24, 2.45) is 5.92 Å². The Labute approximate surface area is 163 Å². The van der Waals surface area contributed by atoms with Crippen molar-refractivity contribution >= 4 is 34.4 Å². The van der Waals surface area contributed by atoms with E-state index in [-0.39, 0.29) is 5.91 Å². The number of carbonyl (C=O) groups excluding carboxylic acids is 1. The van der Waals surface area contributed by atoms with Gasteiger partial charge in [-0.2, -0.15) is 0 Å². The predicted octanol–water partition coefficient (Wildman–Crippen LogP) is 3.95. The first-order valence-electron chi connectivity index (χ1n) is 9.19. The molecular formula is C20H22ClN5O. The number of hydrogen-bond acceptors (Lipinski definition) is 4. The van der Waals surface area contributed by atoms with Crippen LogP contribution in [-0.4, -0.2) is 45.4 Å². The molecule has 1 atom stereocenters. The van der Waals surface area contributed by atoms with Crippen molar-refractivity contribution in [3.8, 4) is 11.1 Å². The van der Waals surface area contributed by atoms with Crippen LogP contribution in [0.4, 0.5) is 5.82 Å². The van der Waals surface area contributed by atoms with E-state index in [1.807, 2.05) is 35.4 Å². The SMILES string of the molecule is CC(=O)N1CCCC(CNc2cc(-c3c[nH]c4ncccc34)cc(Cl)n2)C1. The average molecular weight is 384 g/mol. The molecule has 0 saturated carbocycles. The standard InChI is InChI=1S/C20H22ClN5O/c1-13(27)26-7-3-4-14(12-26)10-23-19-9-15(8-18(21)25-19)17-11-24-20-16(17)5-2-6-22-20/h2,5-6,8-9,11,14H,3-4,7,10,12H2,1H3,(H,22,24)(H,23,25). The summed E-state index contributed by atoms with van der Waals surface area (Å²) in [5.74, 6) is 1.32. The Kier molecular flexibility index (Phi) is 4.99. The van der Waals surface area contributed by atoms with Gasteiger partial charge in [0.05, 0.1) is 0 Å². The van der Waals surface area contributed by atoms with Gasteiger partial charge in [-0.15, -0.1) is 0 Å². The molecule has 4 rings (SSSR count). The number of H-pyrrole nitrogens is 1. The number of rotatable bonds is 4. The molecule has 1 amide bonds. The molecule has 1 aliphatic heterocycles. The molecule has 0 bridgehead atoms. The summed E-state index contributed by atoms with van der Waals surface area (Å²) in [5, 5.41) is 4.90. The van der Waals surface area contributed by atoms with Gasteiger partial charge in [0.25, 0.3) is 0 Å². The number of nitrogens with zero attached hydrogens (tertiary/aromatic N) is 3. The molecule has 0 radical (unpaired) electrons. The van der Waals surface area contributed by atoms with Gasteiger partial charge in [-0.3, -0.25) is 4.79 Å². The van der Waals surface area contributed by atoms with Crippen LogP contribution < -0.4 is 5.32 Å². The molecule has 27 heavy (non-hydrogen) atoms. The monoisotopic (exact) mass is 383 g/mol. The number of aromatic amines is 1. The van der Waals surface area contributed by atoms with E-state index in [4.69, 9.17) is 11.6 Å². The number of amides is 1. The molecular weight excluding hydrogens is 362 g/mol. The molecule has 3 aromatic heterocycles. The highest BCUT2D eigenvalue weighted by atomic mass is 35.5. The molecule has 1 unspecified atom stereocenters. The summed E-state index contributed by atoms with van der Waals surface area (Å²) in [4.78, 5) is 25.5. The number of halogens is 1. The zero-order valence-electron chi connectivity index (χ0n) is 15.2. The molecule has 3 aromatic rings. The Bertz CT molecular complexity index is 970. The zero-order chi connectivity index (χ0) is 18.8. The minimum absolute atomic E-state index is 0.149. The van der Waals surface area contributed by atoms with E-state index >= 15 is 0 Å². The first-order valence-corrected chi connectivity index (χ1v) is 9.57. The second-order valence-electron chi connectivity index (χ2n) is 7.02. The Morgan fingerprint density at radius 1 is 1.44 bits per heavy atom. The Morgan fingerprint density at radius 2 is 2.33 bits per heavy atom. The summed E-state index contributed by atoms with van der Waals surface area (Å²) in [6.45, 7) is 4.06. The second-order valence-corrected chi connectivity index (χ2v) is 7.41. The van der Waals surface area contributed by atoms with Gasteiger partial charge in [0.1, 0.15) is 16.6 Å². The van der Waals surface area contributed by atoms with Crippen LogP contribution in [0.15, 0.2) is 36.7 Å². The lowest BCUT2D eigenvalue weighted by molar-refractivity contribution is -0.130. The fourth-order valence-corrected chi connectivity index (χ4v) is 3.91. The van der Waals surface area contributed by atoms with Crippen molar-refractivity contribution in [1.82, 2.24) is 19.9 Å². The lowest BCUT2D eigenvalue weighted by Gasteiger charge is -2.32. The van der Waals surface area contributed by atoms with Gasteiger partial charge in [0, 0.05) is 49.9 Å². The number of likely N-dealkylation sites (tertiary alicyclic amines) is 1. The maximum Gasteiger partial charge on any atom is 0.219 e. The molecule has 140 valence electrons. The largest absolute Gasteiger partial charge is 0.370 e. The quantitative estimate of drug-likeness (QED) is 0.669. The fourth-order valence-electron chi connectivity index (χ4n) is 3.70. The second kappa shape index (κ2) is 7.56. The number of carbonyl (C=O) groups is 1. The molecule has 0 spiro atoms. The predicted molar refractivity (Wildman–Crippen MR) is 108 cm³/mol. The van der Waals surface area contributed by atoms with Crippen molar-refractivity contribution in [3.63, 3.8) is 0 Å². The van der Waals surface area contributed by atoms with Crippen LogP contribution in [0, 0.1) is 5.92 Å². The Morgan fingerprint density at radius 3 is 3.19 bits per heavy atom. The molecule has 2 N–H and O–H groups in total. The number of pyridine rings is 2. The summed E-state index contributed by atoms with van der Waals surface area (Å²) in [5.41, 5.74) is 2.89. The van der Waals surface area contributed by atoms with Crippen molar-refractivity contribution in [3.05, 3.63) is 41.8 Å². The number of fused-ring (bicyclic) bond motifs is 1. The van der Waals surface area contributed by atoms with Gasteiger partial charge >= 0.3 is 0 Å². The maximum absolute atomic E-state index is 11.6. The van der Waals surface area contributed by atoms with Crippen LogP contribution in [0.25, 0.3) is 22.2 Å². The van der Waals surface area contributed by atoms with Gasteiger partial charge in [-0.05, 0) is 48.6 Å². The molecule has 1 saturated heterocycles. The molecule has 1 aliphatic rings. The highest BCUT2D eigenvalue weighted by Gasteiger charge is 2.21. The van der Waals surface area contributed by atoms with Gasteiger partial charge in [-0.25, -0.2) is 9.97 Å². The molecule has 0 aliphatic carbocycles. The van der Waals surface area contributed by atoms with Gasteiger partial charge in [0.2, 0.25) is 5.91 Å². The summed E-state index contributed by atoms with van der Waals surface area (Å²) in [7, 11) is 0. The first kappa shape index (κ1) is 17.8. The zero-order valence-corrected chi connectivity index (χ0v) is 16.0. The molecule has 1 fully saturated rings. The summed E-state index contributed by atoms with van der Waals surface area (Å²) in [6.07, 6.45) is 5.86.